The molecule has 1 aromatic rings. The van der Waals surface area contributed by atoms with Gasteiger partial charge >= 0.3 is 0 Å². The van der Waals surface area contributed by atoms with Crippen LogP contribution in [0.5, 0.6) is 0 Å². The third-order valence-corrected chi connectivity index (χ3v) is 6.19. The molecule has 2 aliphatic heterocycles. The monoisotopic (exact) mass is 364 g/mol. The van der Waals surface area contributed by atoms with Crippen molar-refractivity contribution in [2.75, 3.05) is 18.8 Å². The molecule has 0 spiro atoms. The molecule has 136 valence electrons. The Balaban J connectivity index is 1.56. The van der Waals surface area contributed by atoms with Crippen molar-refractivity contribution < 1.29 is 14.0 Å². The van der Waals surface area contributed by atoms with E-state index >= 15 is 0 Å². The van der Waals surface area contributed by atoms with E-state index in [1.54, 1.807) is 12.1 Å². The first kappa shape index (κ1) is 18.2. The molecule has 2 fully saturated rings. The fourth-order valence-corrected chi connectivity index (χ4v) is 4.96. The second-order valence-corrected chi connectivity index (χ2v) is 8.64. The third-order valence-electron chi connectivity index (χ3n) is 4.89. The number of carbonyl (C=O) groups is 2. The van der Waals surface area contributed by atoms with E-state index in [4.69, 9.17) is 0 Å². The summed E-state index contributed by atoms with van der Waals surface area (Å²) in [5, 5.41) is 2.67. The van der Waals surface area contributed by atoms with Crippen LogP contribution in [0.1, 0.15) is 25.8 Å². The number of hydrogen-bond donors (Lipinski definition) is 1. The zero-order chi connectivity index (χ0) is 18.0. The number of thioether (sulfide) groups is 1. The zero-order valence-corrected chi connectivity index (χ0v) is 15.5. The summed E-state index contributed by atoms with van der Waals surface area (Å²) in [5.74, 6) is 1.27. The fourth-order valence-electron chi connectivity index (χ4n) is 3.78. The van der Waals surface area contributed by atoms with Gasteiger partial charge < -0.3 is 10.2 Å². The third kappa shape index (κ3) is 4.54. The van der Waals surface area contributed by atoms with Gasteiger partial charge in [-0.1, -0.05) is 26.0 Å². The second-order valence-electron chi connectivity index (χ2n) is 7.40. The van der Waals surface area contributed by atoms with Gasteiger partial charge in [0.15, 0.2) is 0 Å². The van der Waals surface area contributed by atoms with E-state index < -0.39 is 6.04 Å². The Hall–Kier alpha value is -1.56. The number of benzene rings is 1. The molecule has 0 bridgehead atoms. The number of likely N-dealkylation sites (tertiary alicyclic amines) is 1. The molecule has 0 saturated carbocycles. The maximum atomic E-state index is 13.0. The Labute approximate surface area is 152 Å². The number of nitrogens with one attached hydrogen (secondary N) is 1. The Morgan fingerprint density at radius 2 is 1.88 bits per heavy atom. The van der Waals surface area contributed by atoms with Gasteiger partial charge in [0, 0.05) is 18.8 Å². The summed E-state index contributed by atoms with van der Waals surface area (Å²) in [6.45, 7) is 5.89. The summed E-state index contributed by atoms with van der Waals surface area (Å²) >= 11 is 1.52. The maximum Gasteiger partial charge on any atom is 0.246 e. The first-order valence-electron chi connectivity index (χ1n) is 8.87. The molecule has 0 aromatic heterocycles. The first-order valence-corrected chi connectivity index (χ1v) is 9.92. The van der Waals surface area contributed by atoms with E-state index in [1.807, 2.05) is 4.90 Å². The van der Waals surface area contributed by atoms with Crippen molar-refractivity contribution in [3.8, 4) is 0 Å². The second kappa shape index (κ2) is 7.77. The van der Waals surface area contributed by atoms with Gasteiger partial charge in [-0.15, -0.1) is 11.8 Å². The van der Waals surface area contributed by atoms with Crippen molar-refractivity contribution in [3.05, 3.63) is 35.6 Å². The van der Waals surface area contributed by atoms with Crippen molar-refractivity contribution in [1.82, 2.24) is 10.2 Å². The molecular formula is C19H25FN2O2S. The largest absolute Gasteiger partial charge is 0.343 e. The molecular weight excluding hydrogens is 339 g/mol. The average molecular weight is 364 g/mol. The highest BCUT2D eigenvalue weighted by Gasteiger charge is 2.36. The molecule has 0 aliphatic carbocycles. The molecule has 2 heterocycles. The minimum atomic E-state index is -0.431. The number of hydrogen-bond acceptors (Lipinski definition) is 3. The van der Waals surface area contributed by atoms with Gasteiger partial charge in [0.1, 0.15) is 11.9 Å². The van der Waals surface area contributed by atoms with Crippen LogP contribution in [0.15, 0.2) is 24.3 Å². The fraction of sp³-hybridized carbons (Fsp3) is 0.579. The normalized spacial score (nSPS) is 30.0. The molecule has 3 rings (SSSR count). The van der Waals surface area contributed by atoms with Gasteiger partial charge in [-0.25, -0.2) is 4.39 Å². The molecule has 2 aliphatic rings. The summed E-state index contributed by atoms with van der Waals surface area (Å²) in [6, 6.07) is 5.80. The summed E-state index contributed by atoms with van der Waals surface area (Å²) in [6.07, 6.45) is 1.70. The molecule has 0 radical (unpaired) electrons. The van der Waals surface area contributed by atoms with Crippen molar-refractivity contribution >= 4 is 23.6 Å². The number of amides is 2. The Morgan fingerprint density at radius 1 is 1.24 bits per heavy atom. The van der Waals surface area contributed by atoms with E-state index in [1.165, 1.54) is 23.9 Å². The van der Waals surface area contributed by atoms with Crippen molar-refractivity contribution in [2.45, 2.75) is 38.0 Å². The van der Waals surface area contributed by atoms with Crippen molar-refractivity contribution in [1.29, 1.82) is 0 Å². The summed E-state index contributed by atoms with van der Waals surface area (Å²) in [4.78, 5) is 27.1. The van der Waals surface area contributed by atoms with E-state index in [2.05, 4.69) is 19.2 Å². The minimum Gasteiger partial charge on any atom is -0.343 e. The lowest BCUT2D eigenvalue weighted by molar-refractivity contribution is -0.138. The van der Waals surface area contributed by atoms with Gasteiger partial charge in [-0.2, -0.15) is 0 Å². The van der Waals surface area contributed by atoms with Crippen LogP contribution < -0.4 is 5.32 Å². The van der Waals surface area contributed by atoms with Crippen LogP contribution in [0.2, 0.25) is 0 Å². The topological polar surface area (TPSA) is 49.4 Å². The van der Waals surface area contributed by atoms with Crippen LogP contribution >= 0.6 is 11.8 Å². The predicted molar refractivity (Wildman–Crippen MR) is 97.8 cm³/mol. The molecule has 1 N–H and O–H groups in total. The minimum absolute atomic E-state index is 0.0412. The van der Waals surface area contributed by atoms with Gasteiger partial charge in [0.25, 0.3) is 0 Å². The Kier molecular flexibility index (Phi) is 5.67. The molecule has 1 aromatic carbocycles. The first-order chi connectivity index (χ1) is 11.9. The van der Waals surface area contributed by atoms with E-state index in [0.29, 0.717) is 24.0 Å². The van der Waals surface area contributed by atoms with Crippen molar-refractivity contribution in [3.63, 3.8) is 0 Å². The summed E-state index contributed by atoms with van der Waals surface area (Å²) in [7, 11) is 0. The number of piperidine rings is 1. The van der Waals surface area contributed by atoms with E-state index in [9.17, 15) is 14.0 Å². The molecule has 4 atom stereocenters. The lowest BCUT2D eigenvalue weighted by atomic mass is 9.91. The van der Waals surface area contributed by atoms with Crippen LogP contribution in [-0.4, -0.2) is 46.8 Å². The van der Waals surface area contributed by atoms with Gasteiger partial charge in [-0.3, -0.25) is 9.59 Å². The SMILES string of the molecule is CC1CC(C)CN(C(=O)C2CSC(Cc3ccc(F)cc3)C(=O)N2)C1. The molecule has 2 saturated heterocycles. The molecule has 25 heavy (non-hydrogen) atoms. The van der Waals surface area contributed by atoms with Crippen LogP contribution in [0.25, 0.3) is 0 Å². The molecule has 4 unspecified atom stereocenters. The lowest BCUT2D eigenvalue weighted by Crippen LogP contribution is -2.57. The smallest absolute Gasteiger partial charge is 0.246 e. The van der Waals surface area contributed by atoms with Crippen LogP contribution in [0.4, 0.5) is 4.39 Å². The Morgan fingerprint density at radius 3 is 2.48 bits per heavy atom. The number of rotatable bonds is 3. The standard InChI is InChI=1S/C19H25FN2O2S/c1-12-7-13(2)10-22(9-12)19(24)16-11-25-17(18(23)21-16)8-14-3-5-15(20)6-4-14/h3-6,12-13,16-17H,7-11H2,1-2H3,(H,21,23). The molecule has 4 nitrogen and oxygen atoms in total. The highest BCUT2D eigenvalue weighted by atomic mass is 32.2. The highest BCUT2D eigenvalue weighted by Crippen LogP contribution is 2.25. The van der Waals surface area contributed by atoms with E-state index in [-0.39, 0.29) is 22.9 Å². The quantitative estimate of drug-likeness (QED) is 0.896. The number of nitrogens with zero attached hydrogens (tertiary/aromatic N) is 1. The highest BCUT2D eigenvalue weighted by molar-refractivity contribution is 8.00. The van der Waals surface area contributed by atoms with Crippen LogP contribution in [0, 0.1) is 17.7 Å². The molecule has 6 heteroatoms. The number of carbonyl (C=O) groups excluding carboxylic acids is 2. The number of halogens is 1. The summed E-state index contributed by atoms with van der Waals surface area (Å²) in [5.41, 5.74) is 0.928. The summed E-state index contributed by atoms with van der Waals surface area (Å²) < 4.78 is 13.0. The maximum absolute atomic E-state index is 13.0. The zero-order valence-electron chi connectivity index (χ0n) is 14.7. The lowest BCUT2D eigenvalue weighted by Gasteiger charge is -2.38. The van der Waals surface area contributed by atoms with Crippen molar-refractivity contribution in [2.24, 2.45) is 11.8 Å². The van der Waals surface area contributed by atoms with E-state index in [0.717, 1.165) is 25.1 Å². The van der Waals surface area contributed by atoms with Gasteiger partial charge in [0.2, 0.25) is 11.8 Å². The van der Waals surface area contributed by atoms with Gasteiger partial charge in [0.05, 0.1) is 5.25 Å². The predicted octanol–water partition coefficient (Wildman–Crippen LogP) is 2.47. The van der Waals surface area contributed by atoms with Gasteiger partial charge in [-0.05, 0) is 42.4 Å². The molecule has 2 amide bonds. The Bertz CT molecular complexity index is 627. The van der Waals surface area contributed by atoms with Crippen LogP contribution in [-0.2, 0) is 16.0 Å². The van der Waals surface area contributed by atoms with Crippen LogP contribution in [0.3, 0.4) is 0 Å². The average Bonchev–Trinajstić information content (AvgIpc) is 2.57.